The van der Waals surface area contributed by atoms with Gasteiger partial charge in [-0.3, -0.25) is 10.1 Å². The SMILES string of the molecule is CCN(C(=O)[C@H](C)OC(=O)c1cccc(NC(=O)OC(C)(C)C)c1)c1ccccc1. The molecule has 0 unspecified atom stereocenters. The summed E-state index contributed by atoms with van der Waals surface area (Å²) in [7, 11) is 0. The average Bonchev–Trinajstić information content (AvgIpc) is 2.68. The maximum Gasteiger partial charge on any atom is 0.412 e. The Morgan fingerprint density at radius 2 is 1.70 bits per heavy atom. The van der Waals surface area contributed by atoms with Gasteiger partial charge in [0.1, 0.15) is 5.60 Å². The molecule has 0 aromatic heterocycles. The summed E-state index contributed by atoms with van der Waals surface area (Å²) in [6.45, 7) is 9.11. The minimum Gasteiger partial charge on any atom is -0.449 e. The molecular formula is C23H28N2O5. The van der Waals surface area contributed by atoms with Crippen molar-refractivity contribution in [3.63, 3.8) is 0 Å². The van der Waals surface area contributed by atoms with E-state index in [0.29, 0.717) is 12.2 Å². The Hall–Kier alpha value is -3.35. The first-order valence-electron chi connectivity index (χ1n) is 9.78. The number of rotatable bonds is 6. The van der Waals surface area contributed by atoms with Gasteiger partial charge in [0, 0.05) is 17.9 Å². The van der Waals surface area contributed by atoms with Gasteiger partial charge in [-0.05, 0) is 65.0 Å². The number of benzene rings is 2. The Morgan fingerprint density at radius 1 is 1.03 bits per heavy atom. The van der Waals surface area contributed by atoms with Gasteiger partial charge in [-0.2, -0.15) is 0 Å². The number of para-hydroxylation sites is 1. The van der Waals surface area contributed by atoms with Crippen LogP contribution in [0.25, 0.3) is 0 Å². The van der Waals surface area contributed by atoms with Gasteiger partial charge in [0.05, 0.1) is 5.56 Å². The summed E-state index contributed by atoms with van der Waals surface area (Å²) >= 11 is 0. The summed E-state index contributed by atoms with van der Waals surface area (Å²) in [4.78, 5) is 38.8. The lowest BCUT2D eigenvalue weighted by Crippen LogP contribution is -2.40. The van der Waals surface area contributed by atoms with Gasteiger partial charge in [-0.1, -0.05) is 24.3 Å². The molecule has 1 N–H and O–H groups in total. The van der Waals surface area contributed by atoms with Crippen LogP contribution < -0.4 is 10.2 Å². The van der Waals surface area contributed by atoms with E-state index in [2.05, 4.69) is 5.32 Å². The third-order valence-corrected chi connectivity index (χ3v) is 4.03. The lowest BCUT2D eigenvalue weighted by molar-refractivity contribution is -0.126. The molecule has 0 radical (unpaired) electrons. The quantitative estimate of drug-likeness (QED) is 0.699. The van der Waals surface area contributed by atoms with E-state index in [1.165, 1.54) is 13.0 Å². The summed E-state index contributed by atoms with van der Waals surface area (Å²) in [5, 5.41) is 2.57. The summed E-state index contributed by atoms with van der Waals surface area (Å²) in [6, 6.07) is 15.4. The van der Waals surface area contributed by atoms with Crippen molar-refractivity contribution < 1.29 is 23.9 Å². The van der Waals surface area contributed by atoms with Crippen LogP contribution in [0.4, 0.5) is 16.2 Å². The first-order chi connectivity index (χ1) is 14.1. The predicted octanol–water partition coefficient (Wildman–Crippen LogP) is 4.63. The third kappa shape index (κ3) is 6.62. The highest BCUT2D eigenvalue weighted by molar-refractivity contribution is 5.99. The van der Waals surface area contributed by atoms with Gasteiger partial charge >= 0.3 is 12.1 Å². The molecule has 0 saturated heterocycles. The van der Waals surface area contributed by atoms with E-state index in [1.807, 2.05) is 37.3 Å². The average molecular weight is 412 g/mol. The van der Waals surface area contributed by atoms with Gasteiger partial charge in [-0.15, -0.1) is 0 Å². The van der Waals surface area contributed by atoms with E-state index in [9.17, 15) is 14.4 Å². The van der Waals surface area contributed by atoms with E-state index in [1.54, 1.807) is 43.9 Å². The van der Waals surface area contributed by atoms with Crippen LogP contribution in [-0.2, 0) is 14.3 Å². The highest BCUT2D eigenvalue weighted by atomic mass is 16.6. The number of carbonyl (C=O) groups excluding carboxylic acids is 3. The molecular weight excluding hydrogens is 384 g/mol. The van der Waals surface area contributed by atoms with Gasteiger partial charge < -0.3 is 14.4 Å². The molecule has 0 aliphatic carbocycles. The number of amides is 2. The van der Waals surface area contributed by atoms with Gasteiger partial charge in [0.15, 0.2) is 6.10 Å². The normalized spacial score (nSPS) is 11.9. The lowest BCUT2D eigenvalue weighted by atomic mass is 10.2. The minimum atomic E-state index is -0.972. The summed E-state index contributed by atoms with van der Waals surface area (Å²) in [5.41, 5.74) is 0.694. The molecule has 0 aliphatic rings. The van der Waals surface area contributed by atoms with Crippen LogP contribution in [0.5, 0.6) is 0 Å². The number of esters is 1. The fourth-order valence-electron chi connectivity index (χ4n) is 2.72. The van der Waals surface area contributed by atoms with Crippen LogP contribution in [0.2, 0.25) is 0 Å². The van der Waals surface area contributed by atoms with E-state index in [-0.39, 0.29) is 11.5 Å². The predicted molar refractivity (Wildman–Crippen MR) is 116 cm³/mol. The minimum absolute atomic E-state index is 0.214. The molecule has 2 aromatic carbocycles. The van der Waals surface area contributed by atoms with Crippen LogP contribution in [-0.4, -0.2) is 36.2 Å². The van der Waals surface area contributed by atoms with Crippen LogP contribution in [0.15, 0.2) is 54.6 Å². The largest absolute Gasteiger partial charge is 0.449 e. The molecule has 160 valence electrons. The molecule has 0 bridgehead atoms. The second kappa shape index (κ2) is 9.91. The number of hydrogen-bond donors (Lipinski definition) is 1. The van der Waals surface area contributed by atoms with E-state index in [4.69, 9.17) is 9.47 Å². The Labute approximate surface area is 177 Å². The summed E-state index contributed by atoms with van der Waals surface area (Å²) < 4.78 is 10.6. The zero-order valence-electron chi connectivity index (χ0n) is 18.0. The number of ether oxygens (including phenoxy) is 2. The molecule has 7 nitrogen and oxygen atoms in total. The van der Waals surface area contributed by atoms with Gasteiger partial charge in [0.2, 0.25) is 0 Å². The number of nitrogens with zero attached hydrogens (tertiary/aromatic N) is 1. The van der Waals surface area contributed by atoms with Crippen LogP contribution in [0.1, 0.15) is 45.0 Å². The van der Waals surface area contributed by atoms with Crippen molar-refractivity contribution in [1.82, 2.24) is 0 Å². The molecule has 1 atom stereocenters. The topological polar surface area (TPSA) is 84.9 Å². The van der Waals surface area contributed by atoms with Crippen molar-refractivity contribution in [3.05, 3.63) is 60.2 Å². The summed E-state index contributed by atoms with van der Waals surface area (Å²) in [6.07, 6.45) is -1.60. The monoisotopic (exact) mass is 412 g/mol. The smallest absolute Gasteiger partial charge is 0.412 e. The highest BCUT2D eigenvalue weighted by Gasteiger charge is 2.25. The van der Waals surface area contributed by atoms with Crippen LogP contribution >= 0.6 is 0 Å². The molecule has 0 saturated carbocycles. The Balaban J connectivity index is 2.04. The van der Waals surface area contributed by atoms with Gasteiger partial charge in [0.25, 0.3) is 5.91 Å². The van der Waals surface area contributed by atoms with Crippen molar-refractivity contribution in [2.75, 3.05) is 16.8 Å². The highest BCUT2D eigenvalue weighted by Crippen LogP contribution is 2.17. The third-order valence-electron chi connectivity index (χ3n) is 4.03. The first-order valence-corrected chi connectivity index (χ1v) is 9.78. The van der Waals surface area contributed by atoms with Crippen molar-refractivity contribution in [2.45, 2.75) is 46.3 Å². The van der Waals surface area contributed by atoms with Crippen molar-refractivity contribution >= 4 is 29.3 Å². The number of likely N-dealkylation sites (N-methyl/N-ethyl adjacent to an activating group) is 1. The molecule has 2 amide bonds. The zero-order valence-corrected chi connectivity index (χ0v) is 18.0. The molecule has 30 heavy (non-hydrogen) atoms. The molecule has 0 aliphatic heterocycles. The molecule has 7 heteroatoms. The zero-order chi connectivity index (χ0) is 22.3. The lowest BCUT2D eigenvalue weighted by Gasteiger charge is -2.24. The maximum atomic E-state index is 12.8. The Morgan fingerprint density at radius 3 is 2.30 bits per heavy atom. The van der Waals surface area contributed by atoms with Crippen LogP contribution in [0.3, 0.4) is 0 Å². The number of carbonyl (C=O) groups is 3. The second-order valence-corrected chi connectivity index (χ2v) is 7.67. The fraction of sp³-hybridized carbons (Fsp3) is 0.348. The Bertz CT molecular complexity index is 890. The number of nitrogens with one attached hydrogen (secondary N) is 1. The first kappa shape index (κ1) is 22.9. The molecule has 2 aromatic rings. The van der Waals surface area contributed by atoms with Crippen molar-refractivity contribution in [2.24, 2.45) is 0 Å². The molecule has 2 rings (SSSR count). The second-order valence-electron chi connectivity index (χ2n) is 7.67. The number of anilines is 2. The fourth-order valence-corrected chi connectivity index (χ4v) is 2.72. The van der Waals surface area contributed by atoms with E-state index >= 15 is 0 Å². The van der Waals surface area contributed by atoms with Crippen LogP contribution in [0, 0.1) is 0 Å². The van der Waals surface area contributed by atoms with E-state index in [0.717, 1.165) is 5.69 Å². The standard InChI is InChI=1S/C23H28N2O5/c1-6-25(19-13-8-7-9-14-19)20(26)16(2)29-21(27)17-11-10-12-18(15-17)24-22(28)30-23(3,4)5/h7-16H,6H2,1-5H3,(H,24,28)/t16-/m0/s1. The maximum absolute atomic E-state index is 12.8. The molecule has 0 heterocycles. The van der Waals surface area contributed by atoms with Crippen molar-refractivity contribution in [1.29, 1.82) is 0 Å². The number of hydrogen-bond acceptors (Lipinski definition) is 5. The summed E-state index contributed by atoms with van der Waals surface area (Å²) in [5.74, 6) is -0.979. The molecule has 0 spiro atoms. The van der Waals surface area contributed by atoms with E-state index < -0.39 is 23.8 Å². The van der Waals surface area contributed by atoms with Gasteiger partial charge in [-0.25, -0.2) is 9.59 Å². The van der Waals surface area contributed by atoms with Crippen molar-refractivity contribution in [3.8, 4) is 0 Å². The molecule has 0 fully saturated rings. The Kier molecular flexibility index (Phi) is 7.58.